The Morgan fingerprint density at radius 3 is 2.76 bits per heavy atom. The Labute approximate surface area is 102 Å². The van der Waals surface area contributed by atoms with Gasteiger partial charge in [0.15, 0.2) is 0 Å². The van der Waals surface area contributed by atoms with E-state index in [1.165, 1.54) is 0 Å². The number of hydrogen-bond donors (Lipinski definition) is 2. The number of terminal acetylenes is 1. The van der Waals surface area contributed by atoms with Gasteiger partial charge in [-0.2, -0.15) is 0 Å². The SMILES string of the molecule is C#CCC(CC)Nc1ccc(C(=O)O)cc1C. The summed E-state index contributed by atoms with van der Waals surface area (Å²) in [4.78, 5) is 10.8. The van der Waals surface area contributed by atoms with Crippen LogP contribution < -0.4 is 5.32 Å². The van der Waals surface area contributed by atoms with Crippen LogP contribution >= 0.6 is 0 Å². The van der Waals surface area contributed by atoms with Gasteiger partial charge in [-0.05, 0) is 37.1 Å². The van der Waals surface area contributed by atoms with Crippen molar-refractivity contribution in [3.63, 3.8) is 0 Å². The summed E-state index contributed by atoms with van der Waals surface area (Å²) in [6, 6.07) is 5.28. The van der Waals surface area contributed by atoms with Gasteiger partial charge in [0.05, 0.1) is 5.56 Å². The number of nitrogens with one attached hydrogen (secondary N) is 1. The molecule has 1 aromatic rings. The van der Waals surface area contributed by atoms with Gasteiger partial charge in [-0.3, -0.25) is 0 Å². The first kappa shape index (κ1) is 13.1. The first-order chi connectivity index (χ1) is 8.08. The van der Waals surface area contributed by atoms with E-state index in [-0.39, 0.29) is 6.04 Å². The van der Waals surface area contributed by atoms with Crippen LogP contribution in [0.2, 0.25) is 0 Å². The molecule has 17 heavy (non-hydrogen) atoms. The average molecular weight is 231 g/mol. The Kier molecular flexibility index (Phi) is 4.59. The number of aromatic carboxylic acids is 1. The van der Waals surface area contributed by atoms with E-state index in [1.54, 1.807) is 18.2 Å². The van der Waals surface area contributed by atoms with Crippen molar-refractivity contribution in [2.24, 2.45) is 0 Å². The van der Waals surface area contributed by atoms with Crippen LogP contribution in [0.4, 0.5) is 5.69 Å². The summed E-state index contributed by atoms with van der Waals surface area (Å²) in [5.41, 5.74) is 2.16. The average Bonchev–Trinajstić information content (AvgIpc) is 2.30. The maximum absolute atomic E-state index is 10.8. The van der Waals surface area contributed by atoms with E-state index < -0.39 is 5.97 Å². The van der Waals surface area contributed by atoms with Gasteiger partial charge in [0.25, 0.3) is 0 Å². The third kappa shape index (κ3) is 3.53. The second kappa shape index (κ2) is 5.95. The fourth-order valence-corrected chi connectivity index (χ4v) is 1.62. The number of carbonyl (C=O) groups is 1. The summed E-state index contributed by atoms with van der Waals surface area (Å²) in [5, 5.41) is 12.2. The largest absolute Gasteiger partial charge is 0.478 e. The van der Waals surface area contributed by atoms with Crippen LogP contribution in [0.3, 0.4) is 0 Å². The fraction of sp³-hybridized carbons (Fsp3) is 0.357. The van der Waals surface area contributed by atoms with E-state index in [0.717, 1.165) is 17.7 Å². The molecule has 90 valence electrons. The van der Waals surface area contributed by atoms with Crippen molar-refractivity contribution in [2.45, 2.75) is 32.7 Å². The molecular weight excluding hydrogens is 214 g/mol. The molecule has 0 saturated heterocycles. The van der Waals surface area contributed by atoms with E-state index in [2.05, 4.69) is 18.2 Å². The van der Waals surface area contributed by atoms with Gasteiger partial charge in [0.2, 0.25) is 0 Å². The Morgan fingerprint density at radius 1 is 1.59 bits per heavy atom. The summed E-state index contributed by atoms with van der Waals surface area (Å²) < 4.78 is 0. The maximum atomic E-state index is 10.8. The quantitative estimate of drug-likeness (QED) is 0.766. The highest BCUT2D eigenvalue weighted by Gasteiger charge is 2.08. The number of carboxylic acid groups (broad SMARTS) is 1. The Hall–Kier alpha value is -1.95. The zero-order valence-corrected chi connectivity index (χ0v) is 10.2. The molecular formula is C14H17NO2. The van der Waals surface area contributed by atoms with Gasteiger partial charge in [0.1, 0.15) is 0 Å². The highest BCUT2D eigenvalue weighted by Crippen LogP contribution is 2.19. The molecule has 1 unspecified atom stereocenters. The van der Waals surface area contributed by atoms with Crippen molar-refractivity contribution in [3.05, 3.63) is 29.3 Å². The monoisotopic (exact) mass is 231 g/mol. The molecule has 1 rings (SSSR count). The summed E-state index contributed by atoms with van der Waals surface area (Å²) in [6.07, 6.45) is 6.89. The van der Waals surface area contributed by atoms with Crippen molar-refractivity contribution in [1.29, 1.82) is 0 Å². The van der Waals surface area contributed by atoms with Crippen molar-refractivity contribution in [3.8, 4) is 12.3 Å². The molecule has 3 nitrogen and oxygen atoms in total. The molecule has 0 aromatic heterocycles. The van der Waals surface area contributed by atoms with Gasteiger partial charge in [-0.25, -0.2) is 4.79 Å². The molecule has 1 aromatic carbocycles. The summed E-state index contributed by atoms with van der Waals surface area (Å²) in [7, 11) is 0. The molecule has 0 radical (unpaired) electrons. The van der Waals surface area contributed by atoms with Gasteiger partial charge >= 0.3 is 5.97 Å². The van der Waals surface area contributed by atoms with Gasteiger partial charge in [0, 0.05) is 18.2 Å². The zero-order chi connectivity index (χ0) is 12.8. The van der Waals surface area contributed by atoms with E-state index in [1.807, 2.05) is 6.92 Å². The molecule has 1 atom stereocenters. The number of benzene rings is 1. The zero-order valence-electron chi connectivity index (χ0n) is 10.2. The first-order valence-electron chi connectivity index (χ1n) is 5.62. The lowest BCUT2D eigenvalue weighted by molar-refractivity contribution is 0.0697. The highest BCUT2D eigenvalue weighted by molar-refractivity contribution is 5.88. The second-order valence-electron chi connectivity index (χ2n) is 3.99. The second-order valence-corrected chi connectivity index (χ2v) is 3.99. The third-order valence-electron chi connectivity index (χ3n) is 2.69. The van der Waals surface area contributed by atoms with E-state index >= 15 is 0 Å². The minimum absolute atomic E-state index is 0.231. The molecule has 0 bridgehead atoms. The molecule has 0 fully saturated rings. The molecule has 0 aliphatic carbocycles. The van der Waals surface area contributed by atoms with Crippen LogP contribution in [0.15, 0.2) is 18.2 Å². The van der Waals surface area contributed by atoms with Crippen LogP contribution in [0.5, 0.6) is 0 Å². The Bertz CT molecular complexity index is 446. The maximum Gasteiger partial charge on any atom is 0.335 e. The van der Waals surface area contributed by atoms with Crippen LogP contribution in [0.25, 0.3) is 0 Å². The molecule has 0 amide bonds. The summed E-state index contributed by atoms with van der Waals surface area (Å²) in [6.45, 7) is 3.95. The predicted octanol–water partition coefficient (Wildman–Crippen LogP) is 2.91. The molecule has 2 N–H and O–H groups in total. The normalized spacial score (nSPS) is 11.6. The van der Waals surface area contributed by atoms with Gasteiger partial charge < -0.3 is 10.4 Å². The van der Waals surface area contributed by atoms with Crippen LogP contribution in [0.1, 0.15) is 35.7 Å². The highest BCUT2D eigenvalue weighted by atomic mass is 16.4. The molecule has 0 aliphatic heterocycles. The molecule has 0 heterocycles. The number of hydrogen-bond acceptors (Lipinski definition) is 2. The van der Waals surface area contributed by atoms with Crippen LogP contribution in [0, 0.1) is 19.3 Å². The molecule has 0 saturated carbocycles. The number of carboxylic acids is 1. The minimum Gasteiger partial charge on any atom is -0.478 e. The Morgan fingerprint density at radius 2 is 2.29 bits per heavy atom. The standard InChI is InChI=1S/C14H17NO2/c1-4-6-12(5-2)15-13-8-7-11(14(16)17)9-10(13)3/h1,7-9,12,15H,5-6H2,2-3H3,(H,16,17). The lowest BCUT2D eigenvalue weighted by atomic mass is 10.1. The number of anilines is 1. The van der Waals surface area contributed by atoms with E-state index in [9.17, 15) is 4.79 Å². The first-order valence-corrected chi connectivity index (χ1v) is 5.62. The number of rotatable bonds is 5. The molecule has 0 spiro atoms. The third-order valence-corrected chi connectivity index (χ3v) is 2.69. The summed E-state index contributed by atoms with van der Waals surface area (Å²) in [5.74, 6) is 1.72. The van der Waals surface area contributed by atoms with Crippen LogP contribution in [-0.4, -0.2) is 17.1 Å². The topological polar surface area (TPSA) is 49.3 Å². The smallest absolute Gasteiger partial charge is 0.335 e. The minimum atomic E-state index is -0.907. The fourth-order valence-electron chi connectivity index (χ4n) is 1.62. The number of aryl methyl sites for hydroxylation is 1. The predicted molar refractivity (Wildman–Crippen MR) is 69.3 cm³/mol. The van der Waals surface area contributed by atoms with Crippen molar-refractivity contribution < 1.29 is 9.90 Å². The van der Waals surface area contributed by atoms with Gasteiger partial charge in [-0.15, -0.1) is 12.3 Å². The van der Waals surface area contributed by atoms with E-state index in [4.69, 9.17) is 11.5 Å². The van der Waals surface area contributed by atoms with Crippen molar-refractivity contribution >= 4 is 11.7 Å². The van der Waals surface area contributed by atoms with E-state index in [0.29, 0.717) is 12.0 Å². The molecule has 0 aliphatic rings. The van der Waals surface area contributed by atoms with Gasteiger partial charge in [-0.1, -0.05) is 6.92 Å². The van der Waals surface area contributed by atoms with Crippen LogP contribution in [-0.2, 0) is 0 Å². The van der Waals surface area contributed by atoms with Crippen molar-refractivity contribution in [1.82, 2.24) is 0 Å². The molecule has 3 heteroatoms. The van der Waals surface area contributed by atoms with Crippen molar-refractivity contribution in [2.75, 3.05) is 5.32 Å². The summed E-state index contributed by atoms with van der Waals surface area (Å²) >= 11 is 0. The lowest BCUT2D eigenvalue weighted by Gasteiger charge is -2.17. The lowest BCUT2D eigenvalue weighted by Crippen LogP contribution is -2.18. The Balaban J connectivity index is 2.85.